The number of rotatable bonds is 5. The largest absolute Gasteiger partial charge is 0.458 e. The Hall–Kier alpha value is -2.00. The zero-order valence-corrected chi connectivity index (χ0v) is 19.2. The van der Waals surface area contributed by atoms with Crippen LogP contribution in [0.5, 0.6) is 0 Å². The van der Waals surface area contributed by atoms with Gasteiger partial charge in [0.25, 0.3) is 0 Å². The van der Waals surface area contributed by atoms with Gasteiger partial charge >= 0.3 is 11.9 Å². The van der Waals surface area contributed by atoms with E-state index in [1.807, 2.05) is 51.1 Å². The van der Waals surface area contributed by atoms with Gasteiger partial charge in [0.05, 0.1) is 33.0 Å². The van der Waals surface area contributed by atoms with Gasteiger partial charge in [-0.1, -0.05) is 30.3 Å². The van der Waals surface area contributed by atoms with Gasteiger partial charge in [-0.15, -0.1) is 0 Å². The Balaban J connectivity index is 0.000000245. The van der Waals surface area contributed by atoms with Crippen LogP contribution in [-0.4, -0.2) is 65.9 Å². The van der Waals surface area contributed by atoms with Crippen LogP contribution in [-0.2, 0) is 39.9 Å². The van der Waals surface area contributed by atoms with Gasteiger partial charge in [-0.3, -0.25) is 0 Å². The van der Waals surface area contributed by atoms with Gasteiger partial charge in [0, 0.05) is 0 Å². The molecule has 0 amide bonds. The highest BCUT2D eigenvalue weighted by atomic mass is 16.6. The van der Waals surface area contributed by atoms with Crippen molar-refractivity contribution in [2.24, 2.45) is 0 Å². The van der Waals surface area contributed by atoms with Crippen LogP contribution < -0.4 is 0 Å². The van der Waals surface area contributed by atoms with E-state index in [0.717, 1.165) is 5.56 Å². The van der Waals surface area contributed by atoms with Gasteiger partial charge in [0.2, 0.25) is 11.2 Å². The first kappa shape index (κ1) is 25.3. The van der Waals surface area contributed by atoms with Crippen molar-refractivity contribution in [1.29, 1.82) is 0 Å². The summed E-state index contributed by atoms with van der Waals surface area (Å²) in [6.07, 6.45) is 0. The SMILES string of the molecule is CC(C)(C)OC(=O)C1(O)COC1.CC(C)(C)OC(=O)C1(OCc2ccccc2)COC1. The second kappa shape index (κ2) is 9.65. The molecule has 2 heterocycles. The maximum absolute atomic E-state index is 12.2. The Labute approximate surface area is 183 Å². The number of aliphatic hydroxyl groups is 1. The zero-order chi connectivity index (χ0) is 23.3. The molecule has 1 aromatic rings. The normalized spacial score (nSPS) is 19.1. The van der Waals surface area contributed by atoms with Crippen molar-refractivity contribution in [1.82, 2.24) is 0 Å². The molecule has 31 heavy (non-hydrogen) atoms. The molecule has 0 radical (unpaired) electrons. The summed E-state index contributed by atoms with van der Waals surface area (Å²) in [6.45, 7) is 11.8. The fraction of sp³-hybridized carbons (Fsp3) is 0.652. The minimum atomic E-state index is -1.40. The Kier molecular flexibility index (Phi) is 7.86. The number of ether oxygens (including phenoxy) is 5. The number of carbonyl (C=O) groups excluding carboxylic acids is 2. The van der Waals surface area contributed by atoms with Crippen LogP contribution in [0.2, 0.25) is 0 Å². The van der Waals surface area contributed by atoms with E-state index in [9.17, 15) is 14.7 Å². The maximum atomic E-state index is 12.2. The third-order valence-corrected chi connectivity index (χ3v) is 4.26. The Morgan fingerprint density at radius 1 is 0.871 bits per heavy atom. The topological polar surface area (TPSA) is 101 Å². The molecule has 3 rings (SSSR count). The summed E-state index contributed by atoms with van der Waals surface area (Å²) in [7, 11) is 0. The molecule has 0 spiro atoms. The molecule has 2 saturated heterocycles. The Bertz CT molecular complexity index is 737. The molecule has 8 nitrogen and oxygen atoms in total. The van der Waals surface area contributed by atoms with Crippen molar-refractivity contribution in [3.8, 4) is 0 Å². The van der Waals surface area contributed by atoms with E-state index < -0.39 is 28.4 Å². The quantitative estimate of drug-likeness (QED) is 0.700. The van der Waals surface area contributed by atoms with Crippen LogP contribution in [0.4, 0.5) is 0 Å². The lowest BCUT2D eigenvalue weighted by Gasteiger charge is -2.40. The molecule has 2 fully saturated rings. The van der Waals surface area contributed by atoms with Crippen LogP contribution in [0.15, 0.2) is 30.3 Å². The molecule has 0 aromatic heterocycles. The first-order valence-corrected chi connectivity index (χ1v) is 10.3. The standard InChI is InChI=1S/C15H20O4.C8H14O4/c1-14(2,3)19-13(16)15(10-17-11-15)18-9-12-7-5-4-6-8-12;1-7(2,3)12-6(9)8(10)4-11-5-8/h4-8H,9-11H2,1-3H3;10H,4-5H2,1-3H3. The molecule has 1 N–H and O–H groups in total. The average molecular weight is 439 g/mol. The molecule has 0 atom stereocenters. The van der Waals surface area contributed by atoms with Crippen molar-refractivity contribution in [2.75, 3.05) is 26.4 Å². The minimum absolute atomic E-state index is 0.0436. The summed E-state index contributed by atoms with van der Waals surface area (Å²) in [5.41, 5.74) is -2.38. The van der Waals surface area contributed by atoms with Crippen molar-refractivity contribution in [3.63, 3.8) is 0 Å². The molecule has 0 saturated carbocycles. The minimum Gasteiger partial charge on any atom is -0.458 e. The third kappa shape index (κ3) is 7.57. The summed E-state index contributed by atoms with van der Waals surface area (Å²) in [5, 5.41) is 9.44. The van der Waals surface area contributed by atoms with Gasteiger partial charge in [-0.25, -0.2) is 9.59 Å². The van der Waals surface area contributed by atoms with Gasteiger partial charge in [0.1, 0.15) is 11.2 Å². The molecule has 0 unspecified atom stereocenters. The van der Waals surface area contributed by atoms with Crippen LogP contribution in [0.1, 0.15) is 47.1 Å². The van der Waals surface area contributed by atoms with Crippen LogP contribution >= 0.6 is 0 Å². The number of carbonyl (C=O) groups is 2. The first-order chi connectivity index (χ1) is 14.2. The van der Waals surface area contributed by atoms with E-state index in [1.54, 1.807) is 20.8 Å². The van der Waals surface area contributed by atoms with Crippen LogP contribution in [0, 0.1) is 0 Å². The second-order valence-corrected chi connectivity index (χ2v) is 9.79. The molecule has 8 heteroatoms. The summed E-state index contributed by atoms with van der Waals surface area (Å²) in [5.74, 6) is -0.941. The smallest absolute Gasteiger partial charge is 0.343 e. The van der Waals surface area contributed by atoms with Gasteiger partial charge in [0.15, 0.2) is 0 Å². The highest BCUT2D eigenvalue weighted by molar-refractivity contribution is 5.81. The van der Waals surface area contributed by atoms with Gasteiger partial charge < -0.3 is 28.8 Å². The van der Waals surface area contributed by atoms with E-state index in [-0.39, 0.29) is 32.4 Å². The van der Waals surface area contributed by atoms with E-state index in [1.165, 1.54) is 0 Å². The van der Waals surface area contributed by atoms with Crippen LogP contribution in [0.3, 0.4) is 0 Å². The Morgan fingerprint density at radius 3 is 1.74 bits per heavy atom. The molecule has 174 valence electrons. The average Bonchev–Trinajstić information content (AvgIpc) is 2.57. The highest BCUT2D eigenvalue weighted by Gasteiger charge is 2.50. The molecular formula is C23H34O8. The Morgan fingerprint density at radius 2 is 1.35 bits per heavy atom. The number of hydrogen-bond acceptors (Lipinski definition) is 8. The van der Waals surface area contributed by atoms with Crippen molar-refractivity contribution in [2.45, 2.75) is 70.6 Å². The predicted molar refractivity (Wildman–Crippen MR) is 112 cm³/mol. The van der Waals surface area contributed by atoms with Crippen molar-refractivity contribution >= 4 is 11.9 Å². The third-order valence-electron chi connectivity index (χ3n) is 4.26. The zero-order valence-electron chi connectivity index (χ0n) is 19.2. The molecular weight excluding hydrogens is 404 g/mol. The van der Waals surface area contributed by atoms with Gasteiger partial charge in [-0.2, -0.15) is 0 Å². The summed E-state index contributed by atoms with van der Waals surface area (Å²) in [6, 6.07) is 9.75. The highest BCUT2D eigenvalue weighted by Crippen LogP contribution is 2.27. The van der Waals surface area contributed by atoms with E-state index in [0.29, 0.717) is 6.61 Å². The fourth-order valence-electron chi connectivity index (χ4n) is 2.50. The predicted octanol–water partition coefficient (Wildman–Crippen LogP) is 2.40. The van der Waals surface area contributed by atoms with Crippen LogP contribution in [0.25, 0.3) is 0 Å². The van der Waals surface area contributed by atoms with E-state index in [4.69, 9.17) is 23.7 Å². The lowest BCUT2D eigenvalue weighted by molar-refractivity contribution is -0.239. The summed E-state index contributed by atoms with van der Waals surface area (Å²) >= 11 is 0. The summed E-state index contributed by atoms with van der Waals surface area (Å²) in [4.78, 5) is 23.4. The van der Waals surface area contributed by atoms with Crippen molar-refractivity contribution in [3.05, 3.63) is 35.9 Å². The molecule has 2 aliphatic rings. The first-order valence-electron chi connectivity index (χ1n) is 10.3. The monoisotopic (exact) mass is 438 g/mol. The molecule has 0 bridgehead atoms. The van der Waals surface area contributed by atoms with E-state index in [2.05, 4.69) is 0 Å². The lowest BCUT2D eigenvalue weighted by Crippen LogP contribution is -2.59. The van der Waals surface area contributed by atoms with Crippen molar-refractivity contribution < 1.29 is 38.4 Å². The van der Waals surface area contributed by atoms with E-state index >= 15 is 0 Å². The van der Waals surface area contributed by atoms with Gasteiger partial charge in [-0.05, 0) is 47.1 Å². The molecule has 2 aliphatic heterocycles. The molecule has 0 aliphatic carbocycles. The molecule has 1 aromatic carbocycles. The second-order valence-electron chi connectivity index (χ2n) is 9.79. The fourth-order valence-corrected chi connectivity index (χ4v) is 2.50. The number of benzene rings is 1. The number of hydrogen-bond donors (Lipinski definition) is 1. The maximum Gasteiger partial charge on any atom is 0.343 e. The summed E-state index contributed by atoms with van der Waals surface area (Å²) < 4.78 is 26.0. The lowest BCUT2D eigenvalue weighted by atomic mass is 10.0. The number of esters is 2.